The summed E-state index contributed by atoms with van der Waals surface area (Å²) in [4.78, 5) is 2.11. The second-order valence-electron chi connectivity index (χ2n) is 9.09. The molecule has 1 spiro atoms. The zero-order valence-corrected chi connectivity index (χ0v) is 16.1. The second-order valence-corrected chi connectivity index (χ2v) is 9.09. The lowest BCUT2D eigenvalue weighted by Crippen LogP contribution is -2.66. The van der Waals surface area contributed by atoms with Gasteiger partial charge in [-0.2, -0.15) is 0 Å². The Hall–Kier alpha value is -1.34. The van der Waals surface area contributed by atoms with E-state index in [0.717, 1.165) is 16.9 Å². The van der Waals surface area contributed by atoms with Crippen LogP contribution in [0.15, 0.2) is 18.2 Å². The fraction of sp³-hybridized carbons (Fsp3) is 0.684. The molecule has 0 atom stereocenters. The van der Waals surface area contributed by atoms with Gasteiger partial charge in [0.15, 0.2) is 0 Å². The highest BCUT2D eigenvalue weighted by molar-refractivity contribution is 6.62. The molecule has 2 saturated heterocycles. The van der Waals surface area contributed by atoms with Gasteiger partial charge in [0.2, 0.25) is 5.92 Å². The average Bonchev–Trinajstić information content (AvgIpc) is 2.69. The minimum absolute atomic E-state index is 0.00478. The van der Waals surface area contributed by atoms with Crippen LogP contribution in [0.25, 0.3) is 0 Å². The van der Waals surface area contributed by atoms with Gasteiger partial charge in [-0.3, -0.25) is 0 Å². The third kappa shape index (κ3) is 2.71. The lowest BCUT2D eigenvalue weighted by atomic mass is 9.61. The fourth-order valence-electron chi connectivity index (χ4n) is 4.28. The van der Waals surface area contributed by atoms with E-state index in [-0.39, 0.29) is 18.3 Å². The molecule has 0 aromatic heterocycles. The van der Waals surface area contributed by atoms with Gasteiger partial charge in [0, 0.05) is 31.3 Å². The zero-order chi connectivity index (χ0) is 19.0. The Labute approximate surface area is 153 Å². The third-order valence-electron chi connectivity index (χ3n) is 6.39. The van der Waals surface area contributed by atoms with E-state index in [4.69, 9.17) is 14.0 Å². The van der Waals surface area contributed by atoms with Crippen molar-refractivity contribution in [3.8, 4) is 5.75 Å². The molecule has 1 aliphatic carbocycles. The SMILES string of the molecule is COc1cc(B2OC(C)(C)C(C)(C)O2)ccc1N1CC2(C1)CC(F)(F)C2. The van der Waals surface area contributed by atoms with Gasteiger partial charge in [-0.15, -0.1) is 0 Å². The number of alkyl halides is 2. The summed E-state index contributed by atoms with van der Waals surface area (Å²) < 4.78 is 44.2. The van der Waals surface area contributed by atoms with Crippen LogP contribution in [-0.2, 0) is 9.31 Å². The Morgan fingerprint density at radius 2 is 1.62 bits per heavy atom. The van der Waals surface area contributed by atoms with Crippen molar-refractivity contribution in [1.29, 1.82) is 0 Å². The van der Waals surface area contributed by atoms with Crippen molar-refractivity contribution in [2.24, 2.45) is 5.41 Å². The van der Waals surface area contributed by atoms with Gasteiger partial charge in [-0.25, -0.2) is 8.78 Å². The number of hydrogen-bond acceptors (Lipinski definition) is 4. The van der Waals surface area contributed by atoms with E-state index in [0.29, 0.717) is 13.1 Å². The summed E-state index contributed by atoms with van der Waals surface area (Å²) in [5.41, 5.74) is 0.827. The topological polar surface area (TPSA) is 30.9 Å². The molecule has 3 aliphatic rings. The molecule has 26 heavy (non-hydrogen) atoms. The molecule has 4 rings (SSSR count). The number of ether oxygens (including phenoxy) is 1. The Bertz CT molecular complexity index is 705. The monoisotopic (exact) mass is 365 g/mol. The van der Waals surface area contributed by atoms with E-state index in [1.165, 1.54) is 0 Å². The highest BCUT2D eigenvalue weighted by atomic mass is 19.3. The Balaban J connectivity index is 1.50. The van der Waals surface area contributed by atoms with E-state index < -0.39 is 24.2 Å². The lowest BCUT2D eigenvalue weighted by molar-refractivity contribution is -0.170. The van der Waals surface area contributed by atoms with Gasteiger partial charge in [0.25, 0.3) is 0 Å². The van der Waals surface area contributed by atoms with Crippen LogP contribution >= 0.6 is 0 Å². The number of halogens is 2. The minimum atomic E-state index is -2.48. The van der Waals surface area contributed by atoms with Crippen LogP contribution in [0.1, 0.15) is 40.5 Å². The van der Waals surface area contributed by atoms with Crippen molar-refractivity contribution in [3.63, 3.8) is 0 Å². The van der Waals surface area contributed by atoms with Crippen molar-refractivity contribution in [2.75, 3.05) is 25.1 Å². The first-order valence-electron chi connectivity index (χ1n) is 9.12. The van der Waals surface area contributed by atoms with Crippen LogP contribution < -0.4 is 15.1 Å². The first kappa shape index (κ1) is 18.0. The number of nitrogens with zero attached hydrogens (tertiary/aromatic N) is 1. The van der Waals surface area contributed by atoms with E-state index in [2.05, 4.69) is 4.90 Å². The molecule has 4 nitrogen and oxygen atoms in total. The highest BCUT2D eigenvalue weighted by Gasteiger charge is 2.62. The molecular formula is C19H26BF2NO3. The summed E-state index contributed by atoms with van der Waals surface area (Å²) in [5.74, 6) is -1.75. The Morgan fingerprint density at radius 1 is 1.04 bits per heavy atom. The van der Waals surface area contributed by atoms with Gasteiger partial charge in [0.1, 0.15) is 5.75 Å². The van der Waals surface area contributed by atoms with Crippen LogP contribution in [0.5, 0.6) is 5.75 Å². The second kappa shape index (κ2) is 5.35. The Kier molecular flexibility index (Phi) is 3.71. The maximum Gasteiger partial charge on any atom is 0.494 e. The van der Waals surface area contributed by atoms with Gasteiger partial charge in [0.05, 0.1) is 24.0 Å². The van der Waals surface area contributed by atoms with Crippen LogP contribution in [0, 0.1) is 5.41 Å². The van der Waals surface area contributed by atoms with Gasteiger partial charge < -0.3 is 18.9 Å². The quantitative estimate of drug-likeness (QED) is 0.770. The average molecular weight is 365 g/mol. The molecule has 2 heterocycles. The summed E-state index contributed by atoms with van der Waals surface area (Å²) in [6.07, 6.45) is 0.00956. The molecule has 1 aromatic rings. The van der Waals surface area contributed by atoms with Crippen LogP contribution in [0.2, 0.25) is 0 Å². The number of benzene rings is 1. The highest BCUT2D eigenvalue weighted by Crippen LogP contribution is 2.58. The molecule has 0 radical (unpaired) electrons. The summed E-state index contributed by atoms with van der Waals surface area (Å²) in [6.45, 7) is 9.40. The lowest BCUT2D eigenvalue weighted by Gasteiger charge is -2.59. The van der Waals surface area contributed by atoms with E-state index in [1.807, 2.05) is 45.9 Å². The van der Waals surface area contributed by atoms with Gasteiger partial charge >= 0.3 is 7.12 Å². The number of hydrogen-bond donors (Lipinski definition) is 0. The number of methoxy groups -OCH3 is 1. The first-order valence-corrected chi connectivity index (χ1v) is 9.12. The molecule has 0 unspecified atom stereocenters. The van der Waals surface area contributed by atoms with E-state index in [1.54, 1.807) is 7.11 Å². The molecule has 142 valence electrons. The molecule has 1 saturated carbocycles. The summed E-state index contributed by atoms with van der Waals surface area (Å²) in [5, 5.41) is 0. The Morgan fingerprint density at radius 3 is 2.12 bits per heavy atom. The maximum absolute atomic E-state index is 13.2. The van der Waals surface area contributed by atoms with E-state index in [9.17, 15) is 8.78 Å². The van der Waals surface area contributed by atoms with Crippen molar-refractivity contribution in [1.82, 2.24) is 0 Å². The van der Waals surface area contributed by atoms with Crippen molar-refractivity contribution >= 4 is 18.3 Å². The van der Waals surface area contributed by atoms with Crippen molar-refractivity contribution in [3.05, 3.63) is 18.2 Å². The minimum Gasteiger partial charge on any atom is -0.495 e. The number of anilines is 1. The van der Waals surface area contributed by atoms with Crippen molar-refractivity contribution < 1.29 is 22.8 Å². The summed E-state index contributed by atoms with van der Waals surface area (Å²) >= 11 is 0. The fourth-order valence-corrected chi connectivity index (χ4v) is 4.28. The summed E-state index contributed by atoms with van der Waals surface area (Å²) in [6, 6.07) is 5.88. The normalized spacial score (nSPS) is 27.2. The first-order chi connectivity index (χ1) is 12.0. The molecule has 0 amide bonds. The van der Waals surface area contributed by atoms with Gasteiger partial charge in [-0.1, -0.05) is 6.07 Å². The molecule has 0 bridgehead atoms. The predicted molar refractivity (Wildman–Crippen MR) is 97.5 cm³/mol. The summed E-state index contributed by atoms with van der Waals surface area (Å²) in [7, 11) is 1.18. The van der Waals surface area contributed by atoms with Crippen molar-refractivity contribution in [2.45, 2.75) is 57.7 Å². The number of rotatable bonds is 3. The molecular weight excluding hydrogens is 339 g/mol. The van der Waals surface area contributed by atoms with Crippen LogP contribution in [-0.4, -0.2) is 44.4 Å². The molecule has 1 aromatic carbocycles. The molecule has 2 aliphatic heterocycles. The maximum atomic E-state index is 13.2. The molecule has 0 N–H and O–H groups in total. The zero-order valence-electron chi connectivity index (χ0n) is 16.1. The van der Waals surface area contributed by atoms with Crippen LogP contribution in [0.4, 0.5) is 14.5 Å². The smallest absolute Gasteiger partial charge is 0.494 e. The van der Waals surface area contributed by atoms with E-state index >= 15 is 0 Å². The standard InChI is InChI=1S/C19H26BF2NO3/c1-16(2)17(3,4)26-20(25-16)13-6-7-14(15(8-13)24-5)23-11-18(12-23)9-19(21,22)10-18/h6-8H,9-12H2,1-5H3. The van der Waals surface area contributed by atoms with Crippen LogP contribution in [0.3, 0.4) is 0 Å². The predicted octanol–water partition coefficient (Wildman–Crippen LogP) is 3.23. The third-order valence-corrected chi connectivity index (χ3v) is 6.39. The van der Waals surface area contributed by atoms with Gasteiger partial charge in [-0.05, 0) is 45.3 Å². The largest absolute Gasteiger partial charge is 0.495 e. The molecule has 7 heteroatoms. The molecule has 3 fully saturated rings.